The van der Waals surface area contributed by atoms with Crippen LogP contribution in [0.4, 0.5) is 13.2 Å². The molecule has 0 aliphatic rings. The molecule has 0 saturated carbocycles. The van der Waals surface area contributed by atoms with Gasteiger partial charge >= 0.3 is 12.3 Å². The summed E-state index contributed by atoms with van der Waals surface area (Å²) in [6.07, 6.45) is -3.40. The maximum Gasteiger partial charge on any atom is 0.573 e. The van der Waals surface area contributed by atoms with Crippen molar-refractivity contribution < 1.29 is 37.3 Å². The molecule has 0 radical (unpaired) electrons. The lowest BCUT2D eigenvalue weighted by molar-refractivity contribution is -0.274. The number of hydrogen-bond donors (Lipinski definition) is 3. The number of H-pyrrole nitrogens is 1. The van der Waals surface area contributed by atoms with Gasteiger partial charge in [-0.3, -0.25) is 4.79 Å². The first-order chi connectivity index (χ1) is 12.2. The minimum Gasteiger partial charge on any atom is -0.480 e. The first kappa shape index (κ1) is 19.3. The summed E-state index contributed by atoms with van der Waals surface area (Å²) in [4.78, 5) is 26.0. The molecular weight excluding hydrogens is 357 g/mol. The number of carbonyl (C=O) groups excluding carboxylic acids is 1. The van der Waals surface area contributed by atoms with Gasteiger partial charge in [-0.05, 0) is 18.2 Å². The van der Waals surface area contributed by atoms with Crippen LogP contribution in [0.2, 0.25) is 0 Å². The van der Waals surface area contributed by atoms with Crippen LogP contribution < -0.4 is 10.1 Å². The summed E-state index contributed by atoms with van der Waals surface area (Å²) in [6.45, 7) is 3.27. The molecule has 0 aliphatic heterocycles. The number of ether oxygens (including phenoxy) is 2. The average Bonchev–Trinajstić information content (AvgIpc) is 2.95. The molecule has 2 rings (SSSR count). The number of benzene rings is 1. The number of aromatic nitrogens is 1. The van der Waals surface area contributed by atoms with Crippen LogP contribution in [-0.2, 0) is 9.53 Å². The molecule has 0 saturated heterocycles. The van der Waals surface area contributed by atoms with E-state index in [9.17, 15) is 22.8 Å². The molecule has 1 unspecified atom stereocenters. The third-order valence-corrected chi connectivity index (χ3v) is 3.20. The van der Waals surface area contributed by atoms with E-state index in [4.69, 9.17) is 9.84 Å². The molecule has 1 aromatic heterocycles. The number of nitrogens with one attached hydrogen (secondary N) is 2. The Morgan fingerprint density at radius 1 is 1.35 bits per heavy atom. The summed E-state index contributed by atoms with van der Waals surface area (Å²) < 4.78 is 45.6. The zero-order chi connectivity index (χ0) is 19.3. The minimum atomic E-state index is -4.83. The predicted molar refractivity (Wildman–Crippen MR) is 84.9 cm³/mol. The molecule has 0 fully saturated rings. The molecule has 140 valence electrons. The topological polar surface area (TPSA) is 101 Å². The van der Waals surface area contributed by atoms with Crippen molar-refractivity contribution in [3.63, 3.8) is 0 Å². The average molecular weight is 372 g/mol. The van der Waals surface area contributed by atoms with Crippen LogP contribution in [-0.4, -0.2) is 47.6 Å². The Bertz CT molecular complexity index is 816. The smallest absolute Gasteiger partial charge is 0.480 e. The Hall–Kier alpha value is -3.01. The number of fused-ring (bicyclic) bond motifs is 1. The van der Waals surface area contributed by atoms with Gasteiger partial charge < -0.3 is 24.9 Å². The fourth-order valence-corrected chi connectivity index (χ4v) is 2.11. The molecule has 1 atom stereocenters. The van der Waals surface area contributed by atoms with Crippen molar-refractivity contribution in [1.82, 2.24) is 10.3 Å². The van der Waals surface area contributed by atoms with Crippen LogP contribution in [0.5, 0.6) is 5.75 Å². The Kier molecular flexibility index (Phi) is 5.88. The van der Waals surface area contributed by atoms with Gasteiger partial charge in [0.1, 0.15) is 11.4 Å². The molecule has 2 aromatic rings. The molecule has 1 amide bonds. The molecule has 1 aromatic carbocycles. The SMILES string of the molecule is C=CCOCC(NC(=O)c1cc2ccc(OC(F)(F)F)cc2[nH]1)C(=O)O. The summed E-state index contributed by atoms with van der Waals surface area (Å²) in [5, 5.41) is 11.8. The summed E-state index contributed by atoms with van der Waals surface area (Å²) in [5.41, 5.74) is 0.214. The van der Waals surface area contributed by atoms with Crippen LogP contribution in [0.25, 0.3) is 10.9 Å². The van der Waals surface area contributed by atoms with Crippen molar-refractivity contribution in [1.29, 1.82) is 0 Å². The van der Waals surface area contributed by atoms with Crippen LogP contribution in [0.3, 0.4) is 0 Å². The van der Waals surface area contributed by atoms with Crippen LogP contribution in [0.15, 0.2) is 36.9 Å². The highest BCUT2D eigenvalue weighted by atomic mass is 19.4. The van der Waals surface area contributed by atoms with E-state index in [1.807, 2.05) is 0 Å². The first-order valence-electron chi connectivity index (χ1n) is 7.30. The van der Waals surface area contributed by atoms with Crippen molar-refractivity contribution >= 4 is 22.8 Å². The van der Waals surface area contributed by atoms with Gasteiger partial charge in [-0.15, -0.1) is 19.8 Å². The second-order valence-electron chi connectivity index (χ2n) is 5.17. The van der Waals surface area contributed by atoms with E-state index >= 15 is 0 Å². The number of alkyl halides is 3. The number of hydrogen-bond acceptors (Lipinski definition) is 4. The van der Waals surface area contributed by atoms with E-state index in [-0.39, 0.29) is 24.4 Å². The monoisotopic (exact) mass is 372 g/mol. The maximum absolute atomic E-state index is 12.3. The van der Waals surface area contributed by atoms with Crippen LogP contribution in [0, 0.1) is 0 Å². The Balaban J connectivity index is 2.13. The van der Waals surface area contributed by atoms with Gasteiger partial charge in [-0.1, -0.05) is 6.08 Å². The summed E-state index contributed by atoms with van der Waals surface area (Å²) in [6, 6.07) is 3.62. The molecule has 10 heteroatoms. The minimum absolute atomic E-state index is 0.0147. The van der Waals surface area contributed by atoms with Gasteiger partial charge in [0.2, 0.25) is 0 Å². The van der Waals surface area contributed by atoms with Gasteiger partial charge in [-0.25, -0.2) is 4.79 Å². The second kappa shape index (κ2) is 7.91. The molecule has 0 aliphatic carbocycles. The summed E-state index contributed by atoms with van der Waals surface area (Å²) in [5.74, 6) is -2.48. The normalized spacial score (nSPS) is 12.6. The highest BCUT2D eigenvalue weighted by Crippen LogP contribution is 2.26. The molecule has 7 nitrogen and oxygen atoms in total. The molecule has 0 bridgehead atoms. The van der Waals surface area contributed by atoms with E-state index in [0.29, 0.717) is 5.39 Å². The van der Waals surface area contributed by atoms with E-state index in [0.717, 1.165) is 12.1 Å². The Morgan fingerprint density at radius 2 is 2.08 bits per heavy atom. The molecule has 1 heterocycles. The van der Waals surface area contributed by atoms with E-state index in [2.05, 4.69) is 21.6 Å². The number of aliphatic carboxylic acids is 1. The lowest BCUT2D eigenvalue weighted by Crippen LogP contribution is -2.44. The molecule has 3 N–H and O–H groups in total. The van der Waals surface area contributed by atoms with Gasteiger partial charge in [0.15, 0.2) is 6.04 Å². The second-order valence-corrected chi connectivity index (χ2v) is 5.17. The van der Waals surface area contributed by atoms with E-state index < -0.39 is 30.0 Å². The number of aromatic amines is 1. The molecule has 0 spiro atoms. The lowest BCUT2D eigenvalue weighted by atomic mass is 10.2. The highest BCUT2D eigenvalue weighted by molar-refractivity contribution is 5.99. The third kappa shape index (κ3) is 5.24. The van der Waals surface area contributed by atoms with Gasteiger partial charge in [0, 0.05) is 17.0 Å². The fourth-order valence-electron chi connectivity index (χ4n) is 2.11. The van der Waals surface area contributed by atoms with Crippen molar-refractivity contribution in [2.45, 2.75) is 12.4 Å². The largest absolute Gasteiger partial charge is 0.573 e. The summed E-state index contributed by atoms with van der Waals surface area (Å²) >= 11 is 0. The first-order valence-corrected chi connectivity index (χ1v) is 7.30. The number of carbonyl (C=O) groups is 2. The van der Waals surface area contributed by atoms with Crippen LogP contribution in [0.1, 0.15) is 10.5 Å². The number of amides is 1. The highest BCUT2D eigenvalue weighted by Gasteiger charge is 2.31. The Morgan fingerprint density at radius 3 is 2.69 bits per heavy atom. The number of halogens is 3. The zero-order valence-electron chi connectivity index (χ0n) is 13.3. The number of rotatable bonds is 8. The zero-order valence-corrected chi connectivity index (χ0v) is 13.3. The van der Waals surface area contributed by atoms with Crippen LogP contribution >= 0.6 is 0 Å². The molecule has 26 heavy (non-hydrogen) atoms. The van der Waals surface area contributed by atoms with Crippen molar-refractivity contribution in [2.75, 3.05) is 13.2 Å². The third-order valence-electron chi connectivity index (χ3n) is 3.20. The number of carboxylic acid groups (broad SMARTS) is 1. The fraction of sp³-hybridized carbons (Fsp3) is 0.250. The van der Waals surface area contributed by atoms with E-state index in [1.165, 1.54) is 18.2 Å². The standard InChI is InChI=1S/C16H15F3N2O5/c1-2-5-25-8-13(15(23)24)21-14(22)12-6-9-3-4-10(7-11(9)20-12)26-16(17,18)19/h2-4,6-7,13,20H,1,5,8H2,(H,21,22)(H,23,24). The predicted octanol–water partition coefficient (Wildman–Crippen LogP) is 2.45. The molecular formula is C16H15F3N2O5. The lowest BCUT2D eigenvalue weighted by Gasteiger charge is -2.13. The van der Waals surface area contributed by atoms with Crippen molar-refractivity contribution in [3.8, 4) is 5.75 Å². The van der Waals surface area contributed by atoms with Crippen molar-refractivity contribution in [3.05, 3.63) is 42.6 Å². The van der Waals surface area contributed by atoms with Gasteiger partial charge in [0.05, 0.1) is 13.2 Å². The Labute approximate surface area is 145 Å². The van der Waals surface area contributed by atoms with Gasteiger partial charge in [0.25, 0.3) is 5.91 Å². The summed E-state index contributed by atoms with van der Waals surface area (Å²) in [7, 11) is 0. The van der Waals surface area contributed by atoms with E-state index in [1.54, 1.807) is 0 Å². The quantitative estimate of drug-likeness (QED) is 0.488. The van der Waals surface area contributed by atoms with Gasteiger partial charge in [-0.2, -0.15) is 0 Å². The van der Waals surface area contributed by atoms with Crippen molar-refractivity contribution in [2.24, 2.45) is 0 Å². The maximum atomic E-state index is 12.3. The number of carboxylic acids is 1.